The number of ether oxygens (including phenoxy) is 2. The highest BCUT2D eigenvalue weighted by Gasteiger charge is 2.29. The van der Waals surface area contributed by atoms with E-state index >= 15 is 0 Å². The smallest absolute Gasteiger partial charge is 0.260 e. The van der Waals surface area contributed by atoms with E-state index in [9.17, 15) is 4.79 Å². The third kappa shape index (κ3) is 4.21. The summed E-state index contributed by atoms with van der Waals surface area (Å²) in [6.07, 6.45) is 6.22. The van der Waals surface area contributed by atoms with Crippen molar-refractivity contribution < 1.29 is 14.3 Å². The molecule has 8 nitrogen and oxygen atoms in total. The van der Waals surface area contributed by atoms with E-state index in [1.54, 1.807) is 41.8 Å². The van der Waals surface area contributed by atoms with Crippen molar-refractivity contribution in [1.29, 1.82) is 0 Å². The molecule has 1 aliphatic heterocycles. The molecule has 0 aliphatic carbocycles. The number of hydrogen-bond acceptors (Lipinski definition) is 7. The number of aromatic nitrogens is 3. The largest absolute Gasteiger partial charge is 0.482 e. The normalized spacial score (nSPS) is 17.2. The van der Waals surface area contributed by atoms with Crippen LogP contribution in [0.1, 0.15) is 11.8 Å². The van der Waals surface area contributed by atoms with Crippen LogP contribution in [-0.2, 0) is 9.53 Å². The third-order valence-electron chi connectivity index (χ3n) is 3.85. The second kappa shape index (κ2) is 7.89. The summed E-state index contributed by atoms with van der Waals surface area (Å²) < 4.78 is 11.3. The van der Waals surface area contributed by atoms with Crippen molar-refractivity contribution in [2.75, 3.05) is 45.3 Å². The minimum Gasteiger partial charge on any atom is -0.482 e. The Morgan fingerprint density at radius 3 is 2.96 bits per heavy atom. The SMILES string of the molecule is CN(C)c1nccnc1[C@@H]1CN(C(=O)COc2cccnc2)CCO1. The zero-order valence-electron chi connectivity index (χ0n) is 14.3. The van der Waals surface area contributed by atoms with Crippen LogP contribution in [0.25, 0.3) is 0 Å². The molecule has 3 rings (SSSR count). The molecule has 3 heterocycles. The molecule has 0 saturated carbocycles. The average molecular weight is 343 g/mol. The van der Waals surface area contributed by atoms with Crippen LogP contribution >= 0.6 is 0 Å². The Hall–Kier alpha value is -2.74. The lowest BCUT2D eigenvalue weighted by atomic mass is 10.2. The number of carbonyl (C=O) groups excluding carboxylic acids is 1. The Morgan fingerprint density at radius 1 is 1.36 bits per heavy atom. The van der Waals surface area contributed by atoms with Gasteiger partial charge in [-0.3, -0.25) is 14.8 Å². The highest BCUT2D eigenvalue weighted by Crippen LogP contribution is 2.26. The minimum atomic E-state index is -0.304. The predicted octanol–water partition coefficient (Wildman–Crippen LogP) is 0.916. The molecular formula is C17H21N5O3. The minimum absolute atomic E-state index is 0.0284. The highest BCUT2D eigenvalue weighted by molar-refractivity contribution is 5.78. The number of rotatable bonds is 5. The predicted molar refractivity (Wildman–Crippen MR) is 91.4 cm³/mol. The van der Waals surface area contributed by atoms with Crippen LogP contribution in [0.4, 0.5) is 5.82 Å². The summed E-state index contributed by atoms with van der Waals surface area (Å²) in [4.78, 5) is 28.8. The van der Waals surface area contributed by atoms with Crippen LogP contribution in [0.15, 0.2) is 36.9 Å². The molecule has 1 amide bonds. The Bertz CT molecular complexity index is 710. The van der Waals surface area contributed by atoms with Crippen molar-refractivity contribution in [3.63, 3.8) is 0 Å². The van der Waals surface area contributed by atoms with Crippen molar-refractivity contribution in [2.24, 2.45) is 0 Å². The first kappa shape index (κ1) is 17.1. The van der Waals surface area contributed by atoms with Gasteiger partial charge in [0.25, 0.3) is 5.91 Å². The van der Waals surface area contributed by atoms with Gasteiger partial charge in [0.05, 0.1) is 19.3 Å². The van der Waals surface area contributed by atoms with Crippen molar-refractivity contribution in [3.05, 3.63) is 42.6 Å². The Labute approximate surface area is 146 Å². The summed E-state index contributed by atoms with van der Waals surface area (Å²) in [7, 11) is 3.81. The Balaban J connectivity index is 1.64. The Morgan fingerprint density at radius 2 is 2.20 bits per heavy atom. The standard InChI is InChI=1S/C17H21N5O3/c1-21(2)17-16(19-6-7-20-17)14-11-22(8-9-24-14)15(23)12-25-13-4-3-5-18-10-13/h3-7,10,14H,8-9,11-12H2,1-2H3/t14-/m0/s1. The topological polar surface area (TPSA) is 80.7 Å². The number of pyridine rings is 1. The first-order valence-corrected chi connectivity index (χ1v) is 8.05. The number of carbonyl (C=O) groups is 1. The molecule has 0 spiro atoms. The zero-order valence-corrected chi connectivity index (χ0v) is 14.3. The number of nitrogens with zero attached hydrogens (tertiary/aromatic N) is 5. The molecule has 0 N–H and O–H groups in total. The molecule has 1 aliphatic rings. The summed E-state index contributed by atoms with van der Waals surface area (Å²) in [5.41, 5.74) is 0.734. The lowest BCUT2D eigenvalue weighted by molar-refractivity contribution is -0.141. The van der Waals surface area contributed by atoms with Gasteiger partial charge in [-0.25, -0.2) is 4.98 Å². The molecule has 25 heavy (non-hydrogen) atoms. The second-order valence-corrected chi connectivity index (χ2v) is 5.84. The van der Waals surface area contributed by atoms with E-state index in [2.05, 4.69) is 15.0 Å². The molecule has 1 atom stereocenters. The fraction of sp³-hybridized carbons (Fsp3) is 0.412. The molecule has 1 saturated heterocycles. The van der Waals surface area contributed by atoms with Gasteiger partial charge >= 0.3 is 0 Å². The van der Waals surface area contributed by atoms with Gasteiger partial charge in [0.15, 0.2) is 12.4 Å². The summed E-state index contributed by atoms with van der Waals surface area (Å²) in [6, 6.07) is 3.53. The molecule has 2 aromatic heterocycles. The van der Waals surface area contributed by atoms with Gasteiger partial charge in [0.1, 0.15) is 17.5 Å². The van der Waals surface area contributed by atoms with E-state index < -0.39 is 0 Å². The van der Waals surface area contributed by atoms with Crippen LogP contribution in [0.2, 0.25) is 0 Å². The van der Waals surface area contributed by atoms with Gasteiger partial charge in [-0.05, 0) is 12.1 Å². The van der Waals surface area contributed by atoms with E-state index in [0.717, 1.165) is 11.5 Å². The third-order valence-corrected chi connectivity index (χ3v) is 3.85. The van der Waals surface area contributed by atoms with E-state index in [1.165, 1.54) is 0 Å². The number of morpholine rings is 1. The van der Waals surface area contributed by atoms with Crippen molar-refractivity contribution in [1.82, 2.24) is 19.9 Å². The fourth-order valence-electron chi connectivity index (χ4n) is 2.62. The second-order valence-electron chi connectivity index (χ2n) is 5.84. The molecule has 1 fully saturated rings. The summed E-state index contributed by atoms with van der Waals surface area (Å²) in [5, 5.41) is 0. The molecule has 0 aromatic carbocycles. The van der Waals surface area contributed by atoms with Crippen LogP contribution in [0, 0.1) is 0 Å². The lowest BCUT2D eigenvalue weighted by Crippen LogP contribution is -2.44. The highest BCUT2D eigenvalue weighted by atomic mass is 16.5. The van der Waals surface area contributed by atoms with Crippen LogP contribution < -0.4 is 9.64 Å². The van der Waals surface area contributed by atoms with E-state index in [-0.39, 0.29) is 18.6 Å². The maximum absolute atomic E-state index is 12.4. The molecular weight excluding hydrogens is 322 g/mol. The van der Waals surface area contributed by atoms with Crippen molar-refractivity contribution >= 4 is 11.7 Å². The van der Waals surface area contributed by atoms with Crippen molar-refractivity contribution in [3.8, 4) is 5.75 Å². The van der Waals surface area contributed by atoms with Crippen LogP contribution in [0.5, 0.6) is 5.75 Å². The van der Waals surface area contributed by atoms with Gasteiger partial charge in [-0.15, -0.1) is 0 Å². The summed E-state index contributed by atoms with van der Waals surface area (Å²) in [5.74, 6) is 1.23. The van der Waals surface area contributed by atoms with Crippen LogP contribution in [-0.4, -0.2) is 66.2 Å². The quantitative estimate of drug-likeness (QED) is 0.798. The van der Waals surface area contributed by atoms with Gasteiger partial charge in [0, 0.05) is 39.2 Å². The van der Waals surface area contributed by atoms with Crippen LogP contribution in [0.3, 0.4) is 0 Å². The van der Waals surface area contributed by atoms with Gasteiger partial charge in [0.2, 0.25) is 0 Å². The maximum atomic E-state index is 12.4. The Kier molecular flexibility index (Phi) is 5.39. The maximum Gasteiger partial charge on any atom is 0.260 e. The molecule has 0 bridgehead atoms. The molecule has 8 heteroatoms. The number of amides is 1. The summed E-state index contributed by atoms with van der Waals surface area (Å²) in [6.45, 7) is 1.38. The monoisotopic (exact) mass is 343 g/mol. The average Bonchev–Trinajstić information content (AvgIpc) is 2.67. The molecule has 0 radical (unpaired) electrons. The molecule has 0 unspecified atom stereocenters. The molecule has 132 valence electrons. The lowest BCUT2D eigenvalue weighted by Gasteiger charge is -2.33. The van der Waals surface area contributed by atoms with E-state index in [0.29, 0.717) is 25.4 Å². The number of anilines is 1. The molecule has 2 aromatic rings. The summed E-state index contributed by atoms with van der Waals surface area (Å²) >= 11 is 0. The van der Waals surface area contributed by atoms with E-state index in [4.69, 9.17) is 9.47 Å². The number of hydrogen-bond donors (Lipinski definition) is 0. The zero-order chi connectivity index (χ0) is 17.6. The first-order valence-electron chi connectivity index (χ1n) is 8.05. The van der Waals surface area contributed by atoms with Crippen molar-refractivity contribution in [2.45, 2.75) is 6.10 Å². The van der Waals surface area contributed by atoms with Gasteiger partial charge < -0.3 is 19.3 Å². The van der Waals surface area contributed by atoms with Gasteiger partial charge in [-0.2, -0.15) is 0 Å². The fourth-order valence-corrected chi connectivity index (χ4v) is 2.62. The van der Waals surface area contributed by atoms with Gasteiger partial charge in [-0.1, -0.05) is 0 Å². The van der Waals surface area contributed by atoms with E-state index in [1.807, 2.05) is 19.0 Å². The first-order chi connectivity index (χ1) is 12.1.